The lowest BCUT2D eigenvalue weighted by molar-refractivity contribution is -0.117. The summed E-state index contributed by atoms with van der Waals surface area (Å²) in [5, 5.41) is 17.8. The Morgan fingerprint density at radius 1 is 1.41 bits per heavy atom. The Morgan fingerprint density at radius 3 is 2.41 bits per heavy atom. The van der Waals surface area contributed by atoms with Crippen molar-refractivity contribution in [1.29, 1.82) is 5.26 Å². The fourth-order valence-electron chi connectivity index (χ4n) is 1.79. The fraction of sp³-hybridized carbons (Fsp3) is 0.273. The molecule has 1 heterocycles. The second kappa shape index (κ2) is 4.11. The summed E-state index contributed by atoms with van der Waals surface area (Å²) in [6, 6.07) is 3.33. The van der Waals surface area contributed by atoms with Crippen LogP contribution in [-0.2, 0) is 4.79 Å². The molecule has 1 atom stereocenters. The van der Waals surface area contributed by atoms with E-state index in [-0.39, 0.29) is 18.5 Å². The molecule has 1 amide bonds. The summed E-state index contributed by atoms with van der Waals surface area (Å²) < 4.78 is 27.2. The lowest BCUT2D eigenvalue weighted by Gasteiger charge is -2.17. The van der Waals surface area contributed by atoms with Crippen molar-refractivity contribution in [2.45, 2.75) is 12.5 Å². The number of aliphatic hydroxyl groups is 1. The molecule has 0 aromatic heterocycles. The van der Waals surface area contributed by atoms with Crippen LogP contribution in [0, 0.1) is 23.0 Å². The first-order valence-electron chi connectivity index (χ1n) is 4.90. The molecule has 1 saturated heterocycles. The molecule has 1 fully saturated rings. The van der Waals surface area contributed by atoms with Crippen LogP contribution in [0.3, 0.4) is 0 Å². The molecule has 2 rings (SSSR count). The van der Waals surface area contributed by atoms with E-state index in [0.717, 1.165) is 17.0 Å². The lowest BCUT2D eigenvalue weighted by Crippen LogP contribution is -2.27. The molecule has 0 radical (unpaired) electrons. The van der Waals surface area contributed by atoms with Crippen molar-refractivity contribution >= 4 is 11.6 Å². The number of anilines is 1. The normalized spacial score (nSPS) is 19.5. The van der Waals surface area contributed by atoms with Crippen molar-refractivity contribution in [3.05, 3.63) is 29.3 Å². The van der Waals surface area contributed by atoms with Gasteiger partial charge in [0.05, 0.1) is 30.7 Å². The number of carbonyl (C=O) groups is 1. The van der Waals surface area contributed by atoms with E-state index in [1.165, 1.54) is 0 Å². The molecule has 1 aliphatic rings. The van der Waals surface area contributed by atoms with Crippen molar-refractivity contribution in [3.63, 3.8) is 0 Å². The standard InChI is InChI=1S/C11H8F2N2O2/c12-8-1-6(4-14)2-9(13)11(8)15-5-7(16)3-10(15)17/h1-2,7,16H,3,5H2. The van der Waals surface area contributed by atoms with Crippen LogP contribution >= 0.6 is 0 Å². The number of nitrogens with zero attached hydrogens (tertiary/aromatic N) is 2. The summed E-state index contributed by atoms with van der Waals surface area (Å²) in [5.74, 6) is -2.51. The molecule has 0 saturated carbocycles. The van der Waals surface area contributed by atoms with Gasteiger partial charge in [0.2, 0.25) is 5.91 Å². The molecule has 1 aromatic rings. The van der Waals surface area contributed by atoms with Gasteiger partial charge in [0.25, 0.3) is 0 Å². The van der Waals surface area contributed by atoms with Gasteiger partial charge < -0.3 is 10.0 Å². The van der Waals surface area contributed by atoms with Crippen LogP contribution in [0.2, 0.25) is 0 Å². The van der Waals surface area contributed by atoms with Crippen molar-refractivity contribution in [2.24, 2.45) is 0 Å². The van der Waals surface area contributed by atoms with Gasteiger partial charge in [-0.3, -0.25) is 4.79 Å². The quantitative estimate of drug-likeness (QED) is 0.791. The Kier molecular flexibility index (Phi) is 2.77. The zero-order chi connectivity index (χ0) is 12.6. The number of amides is 1. The van der Waals surface area contributed by atoms with Gasteiger partial charge in [-0.2, -0.15) is 5.26 Å². The third-order valence-corrected chi connectivity index (χ3v) is 2.52. The highest BCUT2D eigenvalue weighted by atomic mass is 19.1. The van der Waals surface area contributed by atoms with E-state index in [0.29, 0.717) is 0 Å². The second-order valence-corrected chi connectivity index (χ2v) is 3.76. The van der Waals surface area contributed by atoms with Gasteiger partial charge in [-0.25, -0.2) is 8.78 Å². The number of benzene rings is 1. The number of carbonyl (C=O) groups excluding carboxylic acids is 1. The van der Waals surface area contributed by atoms with Crippen LogP contribution in [-0.4, -0.2) is 23.7 Å². The zero-order valence-corrected chi connectivity index (χ0v) is 8.65. The first kappa shape index (κ1) is 11.5. The molecule has 6 heteroatoms. The minimum absolute atomic E-state index is 0.140. The number of hydrogen-bond acceptors (Lipinski definition) is 3. The Balaban J connectivity index is 2.47. The van der Waals surface area contributed by atoms with Crippen molar-refractivity contribution < 1.29 is 18.7 Å². The highest BCUT2D eigenvalue weighted by Crippen LogP contribution is 2.28. The molecular weight excluding hydrogens is 230 g/mol. The lowest BCUT2D eigenvalue weighted by atomic mass is 10.2. The Labute approximate surface area is 95.7 Å². The Bertz CT molecular complexity index is 502. The molecule has 88 valence electrons. The van der Waals surface area contributed by atoms with E-state index in [9.17, 15) is 18.7 Å². The monoisotopic (exact) mass is 238 g/mol. The number of nitriles is 1. The predicted octanol–water partition coefficient (Wildman–Crippen LogP) is 0.934. The molecule has 0 aliphatic carbocycles. The molecule has 0 spiro atoms. The maximum Gasteiger partial charge on any atom is 0.229 e. The van der Waals surface area contributed by atoms with Crippen LogP contribution in [0.25, 0.3) is 0 Å². The van der Waals surface area contributed by atoms with Gasteiger partial charge in [-0.05, 0) is 12.1 Å². The maximum atomic E-state index is 13.6. The zero-order valence-electron chi connectivity index (χ0n) is 8.65. The predicted molar refractivity (Wildman–Crippen MR) is 54.0 cm³/mol. The van der Waals surface area contributed by atoms with Gasteiger partial charge in [-0.15, -0.1) is 0 Å². The van der Waals surface area contributed by atoms with E-state index in [2.05, 4.69) is 0 Å². The number of β-amino-alcohol motifs (C(OH)–C–C–N with tert-alkyl or cyclic N) is 1. The van der Waals surface area contributed by atoms with Crippen LogP contribution in [0.15, 0.2) is 12.1 Å². The van der Waals surface area contributed by atoms with Gasteiger partial charge in [0.1, 0.15) is 5.69 Å². The second-order valence-electron chi connectivity index (χ2n) is 3.76. The Morgan fingerprint density at radius 2 is 2.00 bits per heavy atom. The van der Waals surface area contributed by atoms with Gasteiger partial charge in [0, 0.05) is 0 Å². The van der Waals surface area contributed by atoms with Crippen molar-refractivity contribution in [3.8, 4) is 6.07 Å². The van der Waals surface area contributed by atoms with E-state index in [4.69, 9.17) is 5.26 Å². The minimum Gasteiger partial charge on any atom is -0.391 e. The molecular formula is C11H8F2N2O2. The van der Waals surface area contributed by atoms with Gasteiger partial charge in [-0.1, -0.05) is 0 Å². The molecule has 4 nitrogen and oxygen atoms in total. The summed E-state index contributed by atoms with van der Waals surface area (Å²) in [5.41, 5.74) is -0.665. The highest BCUT2D eigenvalue weighted by molar-refractivity contribution is 5.96. The van der Waals surface area contributed by atoms with Crippen LogP contribution in [0.5, 0.6) is 0 Å². The van der Waals surface area contributed by atoms with E-state index >= 15 is 0 Å². The SMILES string of the molecule is N#Cc1cc(F)c(N2CC(O)CC2=O)c(F)c1. The minimum atomic E-state index is -0.982. The molecule has 17 heavy (non-hydrogen) atoms. The summed E-state index contributed by atoms with van der Waals surface area (Å²) in [4.78, 5) is 12.3. The number of halogens is 2. The number of rotatable bonds is 1. The van der Waals surface area contributed by atoms with E-state index in [1.54, 1.807) is 6.07 Å². The summed E-state index contributed by atoms with van der Waals surface area (Å²) in [7, 11) is 0. The molecule has 1 aromatic carbocycles. The number of aliphatic hydroxyl groups excluding tert-OH is 1. The fourth-order valence-corrected chi connectivity index (χ4v) is 1.79. The van der Waals surface area contributed by atoms with Gasteiger partial charge >= 0.3 is 0 Å². The van der Waals surface area contributed by atoms with E-state index < -0.39 is 29.3 Å². The van der Waals surface area contributed by atoms with Crippen LogP contribution in [0.4, 0.5) is 14.5 Å². The average Bonchev–Trinajstić information content (AvgIpc) is 2.57. The highest BCUT2D eigenvalue weighted by Gasteiger charge is 2.32. The molecule has 0 bridgehead atoms. The summed E-state index contributed by atoms with van der Waals surface area (Å²) >= 11 is 0. The van der Waals surface area contributed by atoms with Crippen LogP contribution in [0.1, 0.15) is 12.0 Å². The topological polar surface area (TPSA) is 64.3 Å². The number of hydrogen-bond donors (Lipinski definition) is 1. The van der Waals surface area contributed by atoms with Crippen molar-refractivity contribution in [1.82, 2.24) is 0 Å². The molecule has 1 N–H and O–H groups in total. The Hall–Kier alpha value is -2.00. The third kappa shape index (κ3) is 1.97. The first-order valence-corrected chi connectivity index (χ1v) is 4.90. The van der Waals surface area contributed by atoms with Crippen LogP contribution < -0.4 is 4.90 Å². The largest absolute Gasteiger partial charge is 0.391 e. The third-order valence-electron chi connectivity index (χ3n) is 2.52. The molecule has 1 aliphatic heterocycles. The summed E-state index contributed by atoms with van der Waals surface area (Å²) in [6.07, 6.45) is -1.07. The smallest absolute Gasteiger partial charge is 0.229 e. The first-order chi connectivity index (χ1) is 8.02. The van der Waals surface area contributed by atoms with E-state index in [1.807, 2.05) is 0 Å². The maximum absolute atomic E-state index is 13.6. The summed E-state index contributed by atoms with van der Waals surface area (Å²) in [6.45, 7) is -0.140. The average molecular weight is 238 g/mol. The van der Waals surface area contributed by atoms with Crippen molar-refractivity contribution in [2.75, 3.05) is 11.4 Å². The van der Waals surface area contributed by atoms with Gasteiger partial charge in [0.15, 0.2) is 11.6 Å². The molecule has 1 unspecified atom stereocenters.